The summed E-state index contributed by atoms with van der Waals surface area (Å²) in [6, 6.07) is 17.2. The summed E-state index contributed by atoms with van der Waals surface area (Å²) in [5.74, 6) is 1.18. The number of pyridine rings is 2. The second-order valence-electron chi connectivity index (χ2n) is 11.2. The number of carbonyl (C=O) groups excluding carboxylic acids is 2. The van der Waals surface area contributed by atoms with Gasteiger partial charge in [0.15, 0.2) is 0 Å². The number of nitrogen functional groups attached to an aromatic ring is 1. The molecule has 0 atom stereocenters. The highest BCUT2D eigenvalue weighted by Crippen LogP contribution is 2.33. The highest BCUT2D eigenvalue weighted by molar-refractivity contribution is 5.99. The van der Waals surface area contributed by atoms with Crippen molar-refractivity contribution in [1.29, 1.82) is 0 Å². The Balaban J connectivity index is 1.16. The van der Waals surface area contributed by atoms with Crippen molar-refractivity contribution in [2.24, 2.45) is 0 Å². The molecule has 2 fully saturated rings. The van der Waals surface area contributed by atoms with Crippen LogP contribution in [0.4, 0.5) is 22.1 Å². The molecule has 3 heterocycles. The molecule has 1 aromatic carbocycles. The third-order valence-electron chi connectivity index (χ3n) is 8.14. The molecule has 0 radical (unpaired) electrons. The van der Waals surface area contributed by atoms with Crippen LogP contribution >= 0.6 is 0 Å². The molecule has 1 aliphatic carbocycles. The lowest BCUT2D eigenvalue weighted by Crippen LogP contribution is -2.43. The molecular formula is C32H42N8O2. The minimum atomic E-state index is -0.182. The van der Waals surface area contributed by atoms with Crippen molar-refractivity contribution in [2.45, 2.75) is 63.5 Å². The fourth-order valence-electron chi connectivity index (χ4n) is 5.74. The molecule has 10 heteroatoms. The Kier molecular flexibility index (Phi) is 10.2. The Morgan fingerprint density at radius 2 is 1.69 bits per heavy atom. The first-order valence-corrected chi connectivity index (χ1v) is 15.1. The number of urea groups is 1. The van der Waals surface area contributed by atoms with Crippen molar-refractivity contribution in [3.63, 3.8) is 0 Å². The fourth-order valence-corrected chi connectivity index (χ4v) is 5.74. The predicted octanol–water partition coefficient (Wildman–Crippen LogP) is 4.54. The molecule has 1 saturated carbocycles. The van der Waals surface area contributed by atoms with Crippen LogP contribution in [-0.2, 0) is 6.54 Å². The van der Waals surface area contributed by atoms with E-state index in [1.54, 1.807) is 12.3 Å². The zero-order valence-corrected chi connectivity index (χ0v) is 24.1. The van der Waals surface area contributed by atoms with Crippen LogP contribution in [0.3, 0.4) is 0 Å². The first kappa shape index (κ1) is 29.3. The van der Waals surface area contributed by atoms with Gasteiger partial charge in [-0.25, -0.2) is 14.8 Å². The lowest BCUT2D eigenvalue weighted by atomic mass is 9.83. The smallest absolute Gasteiger partial charge is 0.315 e. The molecule has 3 amide bonds. The molecule has 0 spiro atoms. The Hall–Kier alpha value is -4.18. The van der Waals surface area contributed by atoms with Gasteiger partial charge in [0.05, 0.1) is 5.56 Å². The average Bonchev–Trinajstić information content (AvgIpc) is 3.02. The SMILES string of the molecule is Nc1ccc(CNC(=O)NC2CCC(c3ccc(C(=O)NCCN4CCCCC4)c(Nc4ccccc4)n3)CC2)cn1. The summed E-state index contributed by atoms with van der Waals surface area (Å²) in [4.78, 5) is 37.1. The fraction of sp³-hybridized carbons (Fsp3) is 0.438. The number of benzene rings is 1. The number of hydrogen-bond acceptors (Lipinski definition) is 7. The summed E-state index contributed by atoms with van der Waals surface area (Å²) in [6.07, 6.45) is 8.98. The number of nitrogens with zero attached hydrogens (tertiary/aromatic N) is 3. The maximum Gasteiger partial charge on any atom is 0.315 e. The highest BCUT2D eigenvalue weighted by atomic mass is 16.2. The van der Waals surface area contributed by atoms with Crippen molar-refractivity contribution in [2.75, 3.05) is 37.2 Å². The number of hydrogen-bond donors (Lipinski definition) is 5. The van der Waals surface area contributed by atoms with Crippen LogP contribution < -0.4 is 27.0 Å². The Labute approximate surface area is 247 Å². The summed E-state index contributed by atoms with van der Waals surface area (Å²) < 4.78 is 0. The summed E-state index contributed by atoms with van der Waals surface area (Å²) >= 11 is 0. The van der Waals surface area contributed by atoms with Crippen LogP contribution in [0.1, 0.15) is 72.5 Å². The van der Waals surface area contributed by atoms with Crippen molar-refractivity contribution in [1.82, 2.24) is 30.8 Å². The van der Waals surface area contributed by atoms with Gasteiger partial charge in [0.25, 0.3) is 5.91 Å². The van der Waals surface area contributed by atoms with Crippen LogP contribution in [0.2, 0.25) is 0 Å². The largest absolute Gasteiger partial charge is 0.384 e. The minimum Gasteiger partial charge on any atom is -0.384 e. The predicted molar refractivity (Wildman–Crippen MR) is 166 cm³/mol. The van der Waals surface area contributed by atoms with E-state index in [2.05, 4.69) is 31.2 Å². The topological polar surface area (TPSA) is 137 Å². The zero-order valence-electron chi connectivity index (χ0n) is 24.1. The molecular weight excluding hydrogens is 528 g/mol. The molecule has 2 aliphatic rings. The molecule has 0 unspecified atom stereocenters. The molecule has 1 aliphatic heterocycles. The van der Waals surface area contributed by atoms with Gasteiger partial charge >= 0.3 is 6.03 Å². The molecule has 5 rings (SSSR count). The van der Waals surface area contributed by atoms with E-state index in [0.29, 0.717) is 30.3 Å². The number of nitrogens with one attached hydrogen (secondary N) is 4. The molecule has 2 aromatic heterocycles. The number of para-hydroxylation sites is 1. The number of carbonyl (C=O) groups is 2. The summed E-state index contributed by atoms with van der Waals surface area (Å²) in [5.41, 5.74) is 8.93. The third kappa shape index (κ3) is 8.42. The number of nitrogens with two attached hydrogens (primary N) is 1. The van der Waals surface area contributed by atoms with Gasteiger partial charge in [0.2, 0.25) is 0 Å². The molecule has 1 saturated heterocycles. The summed E-state index contributed by atoms with van der Waals surface area (Å²) in [7, 11) is 0. The van der Waals surface area contributed by atoms with Crippen molar-refractivity contribution in [3.05, 3.63) is 77.6 Å². The van der Waals surface area contributed by atoms with Gasteiger partial charge in [-0.15, -0.1) is 0 Å². The molecule has 222 valence electrons. The number of aromatic nitrogens is 2. The van der Waals surface area contributed by atoms with Gasteiger partial charge in [0, 0.05) is 49.2 Å². The lowest BCUT2D eigenvalue weighted by Gasteiger charge is -2.29. The summed E-state index contributed by atoms with van der Waals surface area (Å²) in [6.45, 7) is 4.10. The molecule has 6 N–H and O–H groups in total. The van der Waals surface area contributed by atoms with E-state index in [4.69, 9.17) is 10.7 Å². The lowest BCUT2D eigenvalue weighted by molar-refractivity contribution is 0.0947. The number of rotatable bonds is 10. The number of anilines is 3. The van der Waals surface area contributed by atoms with Crippen molar-refractivity contribution in [3.8, 4) is 0 Å². The van der Waals surface area contributed by atoms with E-state index >= 15 is 0 Å². The Bertz CT molecular complexity index is 1300. The first-order chi connectivity index (χ1) is 20.5. The van der Waals surface area contributed by atoms with E-state index in [1.807, 2.05) is 48.5 Å². The molecule has 10 nitrogen and oxygen atoms in total. The number of amides is 3. The normalized spacial score (nSPS) is 19.0. The van der Waals surface area contributed by atoms with Crippen LogP contribution in [0.5, 0.6) is 0 Å². The van der Waals surface area contributed by atoms with Gasteiger partial charge < -0.3 is 31.9 Å². The van der Waals surface area contributed by atoms with E-state index in [0.717, 1.165) is 62.3 Å². The van der Waals surface area contributed by atoms with Crippen LogP contribution in [0.15, 0.2) is 60.8 Å². The number of piperidine rings is 1. The average molecular weight is 571 g/mol. The highest BCUT2D eigenvalue weighted by Gasteiger charge is 2.26. The minimum absolute atomic E-state index is 0.109. The summed E-state index contributed by atoms with van der Waals surface area (Å²) in [5, 5.41) is 12.5. The van der Waals surface area contributed by atoms with Gasteiger partial charge in [-0.3, -0.25) is 4.79 Å². The van der Waals surface area contributed by atoms with Gasteiger partial charge in [-0.1, -0.05) is 30.7 Å². The second-order valence-corrected chi connectivity index (χ2v) is 11.2. The molecule has 3 aromatic rings. The maximum absolute atomic E-state index is 13.2. The Morgan fingerprint density at radius 1 is 0.905 bits per heavy atom. The standard InChI is InChI=1S/C32H42N8O2/c33-29-16-9-23(21-35-29)22-36-32(42)38-26-12-10-24(11-13-26)28-15-14-27(30(39-28)37-25-7-3-1-4-8-25)31(41)34-17-20-40-18-5-2-6-19-40/h1,3-4,7-9,14-16,21,24,26H,2,5-6,10-13,17-20,22H2,(H2,33,35)(H,34,41)(H,37,39)(H2,36,38,42). The van der Waals surface area contributed by atoms with E-state index in [1.165, 1.54) is 19.3 Å². The van der Waals surface area contributed by atoms with Gasteiger partial charge in [0.1, 0.15) is 11.6 Å². The molecule has 42 heavy (non-hydrogen) atoms. The van der Waals surface area contributed by atoms with E-state index in [-0.39, 0.29) is 23.9 Å². The second kappa shape index (κ2) is 14.6. The van der Waals surface area contributed by atoms with E-state index in [9.17, 15) is 9.59 Å². The number of likely N-dealkylation sites (tertiary alicyclic amines) is 1. The van der Waals surface area contributed by atoms with Crippen LogP contribution in [0, 0.1) is 0 Å². The molecule has 0 bridgehead atoms. The van der Waals surface area contributed by atoms with Crippen LogP contribution in [-0.4, -0.2) is 59.0 Å². The van der Waals surface area contributed by atoms with Crippen molar-refractivity contribution >= 4 is 29.3 Å². The van der Waals surface area contributed by atoms with E-state index < -0.39 is 0 Å². The third-order valence-corrected chi connectivity index (χ3v) is 8.14. The van der Waals surface area contributed by atoms with Gasteiger partial charge in [-0.2, -0.15) is 0 Å². The first-order valence-electron chi connectivity index (χ1n) is 15.1. The maximum atomic E-state index is 13.2. The quantitative estimate of drug-likeness (QED) is 0.241. The van der Waals surface area contributed by atoms with Gasteiger partial charge in [-0.05, 0) is 87.5 Å². The Morgan fingerprint density at radius 3 is 2.43 bits per heavy atom. The van der Waals surface area contributed by atoms with Crippen molar-refractivity contribution < 1.29 is 9.59 Å². The zero-order chi connectivity index (χ0) is 29.1. The monoisotopic (exact) mass is 570 g/mol. The van der Waals surface area contributed by atoms with Crippen LogP contribution in [0.25, 0.3) is 0 Å².